The summed E-state index contributed by atoms with van der Waals surface area (Å²) in [6.07, 6.45) is 2.08. The van der Waals surface area contributed by atoms with Gasteiger partial charge in [0.25, 0.3) is 0 Å². The lowest BCUT2D eigenvalue weighted by Crippen LogP contribution is -2.47. The number of hydrogen-bond donors (Lipinski definition) is 1. The van der Waals surface area contributed by atoms with Crippen LogP contribution in [-0.4, -0.2) is 48.4 Å². The Morgan fingerprint density at radius 3 is 1.92 bits per heavy atom. The van der Waals surface area contributed by atoms with E-state index in [9.17, 15) is 4.79 Å². The summed E-state index contributed by atoms with van der Waals surface area (Å²) in [5.41, 5.74) is 2.48. The molecule has 138 valence electrons. The SMILES string of the molecule is CNC1CCN(C(=O)CN(Cc2ccccc2)Cc2ccccc2)CC1. The van der Waals surface area contributed by atoms with E-state index < -0.39 is 0 Å². The molecule has 1 heterocycles. The zero-order chi connectivity index (χ0) is 18.2. The van der Waals surface area contributed by atoms with Gasteiger partial charge in [0.2, 0.25) is 5.91 Å². The van der Waals surface area contributed by atoms with Gasteiger partial charge < -0.3 is 10.2 Å². The van der Waals surface area contributed by atoms with Crippen LogP contribution in [0.1, 0.15) is 24.0 Å². The standard InChI is InChI=1S/C22H29N3O/c1-23-21-12-14-25(15-13-21)22(26)18-24(16-19-8-4-2-5-9-19)17-20-10-6-3-7-11-20/h2-11,21,23H,12-18H2,1H3. The highest BCUT2D eigenvalue weighted by Gasteiger charge is 2.23. The summed E-state index contributed by atoms with van der Waals surface area (Å²) in [6.45, 7) is 3.75. The molecular weight excluding hydrogens is 322 g/mol. The van der Waals surface area contributed by atoms with Crippen LogP contribution in [0.3, 0.4) is 0 Å². The molecule has 0 bridgehead atoms. The smallest absolute Gasteiger partial charge is 0.236 e. The molecule has 1 N–H and O–H groups in total. The third-order valence-corrected chi connectivity index (χ3v) is 5.11. The summed E-state index contributed by atoms with van der Waals surface area (Å²) >= 11 is 0. The Bertz CT molecular complexity index is 625. The fraction of sp³-hybridized carbons (Fsp3) is 0.409. The minimum atomic E-state index is 0.242. The summed E-state index contributed by atoms with van der Waals surface area (Å²) in [7, 11) is 2.00. The molecule has 4 nitrogen and oxygen atoms in total. The van der Waals surface area contributed by atoms with Gasteiger partial charge in [-0.1, -0.05) is 60.7 Å². The monoisotopic (exact) mass is 351 g/mol. The lowest BCUT2D eigenvalue weighted by Gasteiger charge is -2.33. The molecular formula is C22H29N3O. The van der Waals surface area contributed by atoms with Crippen LogP contribution in [0.5, 0.6) is 0 Å². The van der Waals surface area contributed by atoms with E-state index in [-0.39, 0.29) is 5.91 Å². The number of likely N-dealkylation sites (tertiary alicyclic amines) is 1. The molecule has 2 aromatic rings. The van der Waals surface area contributed by atoms with Crippen LogP contribution < -0.4 is 5.32 Å². The number of rotatable bonds is 7. The first kappa shape index (κ1) is 18.6. The van der Waals surface area contributed by atoms with Crippen LogP contribution in [0.15, 0.2) is 60.7 Å². The summed E-state index contributed by atoms with van der Waals surface area (Å²) < 4.78 is 0. The van der Waals surface area contributed by atoms with E-state index in [2.05, 4.69) is 58.7 Å². The molecule has 1 amide bonds. The highest BCUT2D eigenvalue weighted by atomic mass is 16.2. The molecule has 4 heteroatoms. The van der Waals surface area contributed by atoms with Gasteiger partial charge >= 0.3 is 0 Å². The van der Waals surface area contributed by atoms with Crippen LogP contribution in [0, 0.1) is 0 Å². The maximum atomic E-state index is 12.8. The first-order valence-corrected chi connectivity index (χ1v) is 9.50. The Kier molecular flexibility index (Phi) is 6.81. The number of carbonyl (C=O) groups excluding carboxylic acids is 1. The minimum absolute atomic E-state index is 0.242. The van der Waals surface area contributed by atoms with E-state index in [4.69, 9.17) is 0 Å². The number of benzene rings is 2. The molecule has 3 rings (SSSR count). The molecule has 1 aliphatic rings. The van der Waals surface area contributed by atoms with E-state index in [0.29, 0.717) is 12.6 Å². The fourth-order valence-corrected chi connectivity index (χ4v) is 3.56. The van der Waals surface area contributed by atoms with Gasteiger partial charge in [-0.3, -0.25) is 9.69 Å². The van der Waals surface area contributed by atoms with Crippen molar-refractivity contribution in [3.8, 4) is 0 Å². The number of piperidine rings is 1. The second kappa shape index (κ2) is 9.51. The topological polar surface area (TPSA) is 35.6 Å². The molecule has 1 fully saturated rings. The molecule has 0 aliphatic carbocycles. The van der Waals surface area contributed by atoms with Crippen molar-refractivity contribution >= 4 is 5.91 Å². The predicted molar refractivity (Wildman–Crippen MR) is 106 cm³/mol. The number of hydrogen-bond acceptors (Lipinski definition) is 3. The van der Waals surface area contributed by atoms with Gasteiger partial charge in [-0.15, -0.1) is 0 Å². The number of carbonyl (C=O) groups is 1. The van der Waals surface area contributed by atoms with Crippen molar-refractivity contribution < 1.29 is 4.79 Å². The first-order chi connectivity index (χ1) is 12.7. The third kappa shape index (κ3) is 5.41. The average Bonchev–Trinajstić information content (AvgIpc) is 2.69. The minimum Gasteiger partial charge on any atom is -0.341 e. The molecule has 1 aliphatic heterocycles. The second-order valence-corrected chi connectivity index (χ2v) is 7.06. The summed E-state index contributed by atoms with van der Waals surface area (Å²) in [6, 6.07) is 21.3. The van der Waals surface area contributed by atoms with Crippen molar-refractivity contribution in [1.82, 2.24) is 15.1 Å². The van der Waals surface area contributed by atoms with Crippen molar-refractivity contribution in [2.75, 3.05) is 26.7 Å². The van der Waals surface area contributed by atoms with E-state index in [1.807, 2.05) is 24.1 Å². The van der Waals surface area contributed by atoms with Crippen LogP contribution in [0.25, 0.3) is 0 Å². The molecule has 0 spiro atoms. The van der Waals surface area contributed by atoms with Crippen LogP contribution in [-0.2, 0) is 17.9 Å². The Morgan fingerprint density at radius 2 is 1.46 bits per heavy atom. The van der Waals surface area contributed by atoms with Crippen molar-refractivity contribution in [3.05, 3.63) is 71.8 Å². The zero-order valence-electron chi connectivity index (χ0n) is 15.6. The molecule has 2 aromatic carbocycles. The molecule has 0 radical (unpaired) electrons. The highest BCUT2D eigenvalue weighted by molar-refractivity contribution is 5.78. The first-order valence-electron chi connectivity index (χ1n) is 9.50. The largest absolute Gasteiger partial charge is 0.341 e. The van der Waals surface area contributed by atoms with E-state index in [0.717, 1.165) is 39.0 Å². The Morgan fingerprint density at radius 1 is 0.962 bits per heavy atom. The maximum absolute atomic E-state index is 12.8. The molecule has 0 saturated carbocycles. The summed E-state index contributed by atoms with van der Waals surface area (Å²) in [5, 5.41) is 3.32. The van der Waals surface area contributed by atoms with E-state index >= 15 is 0 Å². The third-order valence-electron chi connectivity index (χ3n) is 5.11. The van der Waals surface area contributed by atoms with Crippen molar-refractivity contribution in [2.45, 2.75) is 32.0 Å². The van der Waals surface area contributed by atoms with Crippen molar-refractivity contribution in [1.29, 1.82) is 0 Å². The van der Waals surface area contributed by atoms with Gasteiger partial charge in [-0.2, -0.15) is 0 Å². The fourth-order valence-electron chi connectivity index (χ4n) is 3.56. The number of nitrogens with zero attached hydrogens (tertiary/aromatic N) is 2. The van der Waals surface area contributed by atoms with Gasteiger partial charge in [-0.05, 0) is 31.0 Å². The Labute approximate surface area is 156 Å². The van der Waals surface area contributed by atoms with Crippen molar-refractivity contribution in [2.24, 2.45) is 0 Å². The van der Waals surface area contributed by atoms with Gasteiger partial charge in [0, 0.05) is 32.2 Å². The average molecular weight is 351 g/mol. The molecule has 0 unspecified atom stereocenters. The molecule has 26 heavy (non-hydrogen) atoms. The normalized spacial score (nSPS) is 15.4. The van der Waals surface area contributed by atoms with Gasteiger partial charge in [0.05, 0.1) is 6.54 Å². The van der Waals surface area contributed by atoms with Gasteiger partial charge in [-0.25, -0.2) is 0 Å². The van der Waals surface area contributed by atoms with Gasteiger partial charge in [0.1, 0.15) is 0 Å². The van der Waals surface area contributed by atoms with Crippen LogP contribution >= 0.6 is 0 Å². The zero-order valence-corrected chi connectivity index (χ0v) is 15.6. The van der Waals surface area contributed by atoms with Crippen LogP contribution in [0.4, 0.5) is 0 Å². The quantitative estimate of drug-likeness (QED) is 0.833. The predicted octanol–water partition coefficient (Wildman–Crippen LogP) is 2.90. The lowest BCUT2D eigenvalue weighted by atomic mass is 10.1. The van der Waals surface area contributed by atoms with Gasteiger partial charge in [0.15, 0.2) is 0 Å². The Hall–Kier alpha value is -2.17. The second-order valence-electron chi connectivity index (χ2n) is 7.06. The number of amides is 1. The molecule has 1 saturated heterocycles. The molecule has 0 atom stereocenters. The Balaban J connectivity index is 1.63. The molecule has 0 aromatic heterocycles. The van der Waals surface area contributed by atoms with Crippen molar-refractivity contribution in [3.63, 3.8) is 0 Å². The number of nitrogens with one attached hydrogen (secondary N) is 1. The van der Waals surface area contributed by atoms with E-state index in [1.54, 1.807) is 0 Å². The summed E-state index contributed by atoms with van der Waals surface area (Å²) in [4.78, 5) is 17.1. The van der Waals surface area contributed by atoms with E-state index in [1.165, 1.54) is 11.1 Å². The highest BCUT2D eigenvalue weighted by Crippen LogP contribution is 2.13. The van der Waals surface area contributed by atoms with Crippen LogP contribution in [0.2, 0.25) is 0 Å². The summed E-state index contributed by atoms with van der Waals surface area (Å²) in [5.74, 6) is 0.242. The lowest BCUT2D eigenvalue weighted by molar-refractivity contribution is -0.133. The maximum Gasteiger partial charge on any atom is 0.236 e.